The molecule has 0 radical (unpaired) electrons. The number of guanidine groups is 1. The summed E-state index contributed by atoms with van der Waals surface area (Å²) in [5.74, 6) is 0.269. The van der Waals surface area contributed by atoms with Crippen LogP contribution in [0.2, 0.25) is 0 Å². The van der Waals surface area contributed by atoms with E-state index in [2.05, 4.69) is 15.3 Å². The van der Waals surface area contributed by atoms with Crippen LogP contribution in [0.1, 0.15) is 11.3 Å². The number of anilines is 1. The van der Waals surface area contributed by atoms with Gasteiger partial charge in [0, 0.05) is 22.8 Å². The van der Waals surface area contributed by atoms with Gasteiger partial charge in [-0.05, 0) is 30.7 Å². The third kappa shape index (κ3) is 5.26. The highest BCUT2D eigenvalue weighted by molar-refractivity contribution is 8.93. The van der Waals surface area contributed by atoms with Crippen LogP contribution in [0.25, 0.3) is 11.3 Å². The van der Waals surface area contributed by atoms with Crippen LogP contribution in [0.5, 0.6) is 0 Å². The first-order valence-electron chi connectivity index (χ1n) is 9.50. The second-order valence-electron chi connectivity index (χ2n) is 6.83. The molecule has 0 saturated carbocycles. The van der Waals surface area contributed by atoms with Gasteiger partial charge in [-0.2, -0.15) is 0 Å². The number of hydrogen-bond acceptors (Lipinski definition) is 5. The Hall–Kier alpha value is -2.95. The van der Waals surface area contributed by atoms with Crippen molar-refractivity contribution in [3.05, 3.63) is 89.6 Å². The molecule has 0 atom stereocenters. The third-order valence-electron chi connectivity index (χ3n) is 4.58. The Kier molecular flexibility index (Phi) is 7.49. The summed E-state index contributed by atoms with van der Waals surface area (Å²) in [5.41, 5.74) is 9.00. The van der Waals surface area contributed by atoms with Crippen molar-refractivity contribution in [1.29, 1.82) is 0 Å². The standard InChI is InChI=1S/C22H21N5O2S2.BrH/c1-16-12-18(14-27(16)31(28,29)19-10-6-3-7-11-19)20-15-30-22(25-20)26-21(23)24-13-17-8-4-2-5-9-17;/h2-12,14-15H,13H2,1H3,(H3,23,24,25,26);1H. The maximum absolute atomic E-state index is 12.9. The molecule has 3 N–H and O–H groups in total. The fourth-order valence-corrected chi connectivity index (χ4v) is 5.17. The Morgan fingerprint density at radius 1 is 1.12 bits per heavy atom. The van der Waals surface area contributed by atoms with Crippen molar-refractivity contribution in [3.63, 3.8) is 0 Å². The molecule has 0 aliphatic carbocycles. The fraction of sp³-hybridized carbons (Fsp3) is 0.0909. The largest absolute Gasteiger partial charge is 0.370 e. The van der Waals surface area contributed by atoms with Crippen molar-refractivity contribution in [3.8, 4) is 11.3 Å². The minimum absolute atomic E-state index is 0. The van der Waals surface area contributed by atoms with Gasteiger partial charge in [0.15, 0.2) is 11.1 Å². The third-order valence-corrected chi connectivity index (χ3v) is 7.12. The van der Waals surface area contributed by atoms with E-state index in [9.17, 15) is 8.42 Å². The highest BCUT2D eigenvalue weighted by Crippen LogP contribution is 2.28. The number of halogens is 1. The van der Waals surface area contributed by atoms with Crippen molar-refractivity contribution in [2.24, 2.45) is 10.7 Å². The van der Waals surface area contributed by atoms with E-state index >= 15 is 0 Å². The molecule has 166 valence electrons. The molecular weight excluding hydrogens is 510 g/mol. The van der Waals surface area contributed by atoms with Crippen molar-refractivity contribution in [2.75, 3.05) is 5.32 Å². The van der Waals surface area contributed by atoms with Gasteiger partial charge in [-0.1, -0.05) is 48.5 Å². The van der Waals surface area contributed by atoms with Crippen LogP contribution in [-0.2, 0) is 16.6 Å². The number of benzene rings is 2. The van der Waals surface area contributed by atoms with E-state index in [1.54, 1.807) is 49.5 Å². The zero-order chi connectivity index (χ0) is 21.8. The second kappa shape index (κ2) is 10.1. The van der Waals surface area contributed by atoms with Crippen LogP contribution in [0.3, 0.4) is 0 Å². The van der Waals surface area contributed by atoms with Gasteiger partial charge < -0.3 is 11.1 Å². The lowest BCUT2D eigenvalue weighted by atomic mass is 10.2. The lowest BCUT2D eigenvalue weighted by molar-refractivity contribution is 0.586. The molecule has 2 aromatic heterocycles. The normalized spacial score (nSPS) is 11.7. The number of hydrogen-bond donors (Lipinski definition) is 2. The summed E-state index contributed by atoms with van der Waals surface area (Å²) in [6.07, 6.45) is 1.59. The van der Waals surface area contributed by atoms with Gasteiger partial charge in [-0.15, -0.1) is 28.3 Å². The van der Waals surface area contributed by atoms with E-state index in [-0.39, 0.29) is 27.8 Å². The van der Waals surface area contributed by atoms with Gasteiger partial charge in [0.25, 0.3) is 10.0 Å². The summed E-state index contributed by atoms with van der Waals surface area (Å²) in [5, 5.41) is 5.42. The number of aromatic nitrogens is 2. The molecule has 7 nitrogen and oxygen atoms in total. The minimum Gasteiger partial charge on any atom is -0.370 e. The molecule has 0 unspecified atom stereocenters. The number of thiazole rings is 1. The molecule has 0 aliphatic rings. The van der Waals surface area contributed by atoms with Crippen molar-refractivity contribution >= 4 is 49.4 Å². The summed E-state index contributed by atoms with van der Waals surface area (Å²) in [7, 11) is -3.67. The molecule has 0 amide bonds. The molecule has 0 fully saturated rings. The van der Waals surface area contributed by atoms with Crippen LogP contribution in [0.4, 0.5) is 5.13 Å². The zero-order valence-corrected chi connectivity index (χ0v) is 20.5. The van der Waals surface area contributed by atoms with Crippen LogP contribution in [0, 0.1) is 6.92 Å². The van der Waals surface area contributed by atoms with Crippen molar-refractivity contribution in [2.45, 2.75) is 18.4 Å². The molecule has 0 saturated heterocycles. The quantitative estimate of drug-likeness (QED) is 0.278. The summed E-state index contributed by atoms with van der Waals surface area (Å²) < 4.78 is 27.2. The lowest BCUT2D eigenvalue weighted by Crippen LogP contribution is -2.22. The SMILES string of the molecule is Br.Cc1cc(-c2csc(NC(N)=NCc3ccccc3)n2)cn1S(=O)(=O)c1ccccc1. The number of nitrogens with zero attached hydrogens (tertiary/aromatic N) is 3. The Labute approximate surface area is 201 Å². The predicted molar refractivity (Wildman–Crippen MR) is 135 cm³/mol. The first kappa shape index (κ1) is 23.7. The summed E-state index contributed by atoms with van der Waals surface area (Å²) in [6, 6.07) is 20.0. The molecule has 10 heteroatoms. The Balaban J connectivity index is 0.00000289. The van der Waals surface area contributed by atoms with E-state index < -0.39 is 10.0 Å². The van der Waals surface area contributed by atoms with Crippen molar-refractivity contribution in [1.82, 2.24) is 8.96 Å². The van der Waals surface area contributed by atoms with Crippen molar-refractivity contribution < 1.29 is 8.42 Å². The number of rotatable bonds is 6. The van der Waals surface area contributed by atoms with E-state index in [1.165, 1.54) is 15.3 Å². The summed E-state index contributed by atoms with van der Waals surface area (Å²) >= 11 is 1.37. The molecule has 0 bridgehead atoms. The van der Waals surface area contributed by atoms with Crippen LogP contribution in [-0.4, -0.2) is 23.3 Å². The lowest BCUT2D eigenvalue weighted by Gasteiger charge is -2.07. The average molecular weight is 532 g/mol. The molecule has 0 spiro atoms. The highest BCUT2D eigenvalue weighted by Gasteiger charge is 2.20. The molecule has 4 rings (SSSR count). The van der Waals surface area contributed by atoms with Gasteiger partial charge >= 0.3 is 0 Å². The first-order valence-corrected chi connectivity index (χ1v) is 11.8. The van der Waals surface area contributed by atoms with Gasteiger partial charge in [-0.3, -0.25) is 0 Å². The van der Waals surface area contributed by atoms with E-state index in [0.717, 1.165) is 5.56 Å². The highest BCUT2D eigenvalue weighted by atomic mass is 79.9. The second-order valence-corrected chi connectivity index (χ2v) is 9.51. The Morgan fingerprint density at radius 2 is 1.78 bits per heavy atom. The Morgan fingerprint density at radius 3 is 2.47 bits per heavy atom. The van der Waals surface area contributed by atoms with E-state index in [4.69, 9.17) is 5.73 Å². The molecule has 32 heavy (non-hydrogen) atoms. The van der Waals surface area contributed by atoms with Crippen LogP contribution < -0.4 is 11.1 Å². The number of aryl methyl sites for hydroxylation is 1. The molecule has 4 aromatic rings. The fourth-order valence-electron chi connectivity index (χ4n) is 3.03. The van der Waals surface area contributed by atoms with Gasteiger partial charge in [0.05, 0.1) is 17.1 Å². The topological polar surface area (TPSA) is 102 Å². The predicted octanol–water partition coefficient (Wildman–Crippen LogP) is 4.66. The van der Waals surface area contributed by atoms with E-state index in [0.29, 0.717) is 28.6 Å². The van der Waals surface area contributed by atoms with Gasteiger partial charge in [0.1, 0.15) is 0 Å². The maximum atomic E-state index is 12.9. The average Bonchev–Trinajstić information content (AvgIpc) is 3.40. The number of aliphatic imine (C=N–C) groups is 1. The minimum atomic E-state index is -3.67. The maximum Gasteiger partial charge on any atom is 0.267 e. The van der Waals surface area contributed by atoms with E-state index in [1.807, 2.05) is 35.7 Å². The summed E-state index contributed by atoms with van der Waals surface area (Å²) in [6.45, 7) is 2.22. The Bertz CT molecular complexity index is 1320. The van der Waals surface area contributed by atoms with Crippen LogP contribution in [0.15, 0.2) is 88.2 Å². The number of nitrogens with two attached hydrogens (primary N) is 1. The van der Waals surface area contributed by atoms with Crippen LogP contribution >= 0.6 is 28.3 Å². The first-order chi connectivity index (χ1) is 14.9. The summed E-state index contributed by atoms with van der Waals surface area (Å²) in [4.78, 5) is 9.08. The molecule has 0 aliphatic heterocycles. The molecular formula is C22H22BrN5O2S2. The smallest absolute Gasteiger partial charge is 0.267 e. The number of nitrogens with one attached hydrogen (secondary N) is 1. The monoisotopic (exact) mass is 531 g/mol. The van der Waals surface area contributed by atoms with Gasteiger partial charge in [0.2, 0.25) is 0 Å². The molecule has 2 heterocycles. The van der Waals surface area contributed by atoms with Gasteiger partial charge in [-0.25, -0.2) is 22.4 Å². The molecule has 2 aromatic carbocycles. The zero-order valence-electron chi connectivity index (χ0n) is 17.2.